The summed E-state index contributed by atoms with van der Waals surface area (Å²) in [5.41, 5.74) is 2.05. The van der Waals surface area contributed by atoms with E-state index in [0.717, 1.165) is 17.6 Å². The summed E-state index contributed by atoms with van der Waals surface area (Å²) in [6, 6.07) is 4.13. The van der Waals surface area contributed by atoms with Gasteiger partial charge in [0.1, 0.15) is 17.9 Å². The molecular weight excluding hydrogens is 560 g/mol. The molecule has 2 amide bonds. The highest BCUT2D eigenvalue weighted by atomic mass is 16.5. The number of rotatable bonds is 7. The van der Waals surface area contributed by atoms with E-state index in [-0.39, 0.29) is 24.0 Å². The molecule has 1 aromatic rings. The van der Waals surface area contributed by atoms with E-state index in [0.29, 0.717) is 37.3 Å². The number of aromatic hydroxyl groups is 1. The number of aryl methyl sites for hydroxylation is 1. The molecule has 0 spiro atoms. The van der Waals surface area contributed by atoms with Crippen molar-refractivity contribution >= 4 is 23.5 Å². The monoisotopic (exact) mass is 610 g/mol. The first kappa shape index (κ1) is 36.5. The maximum absolute atomic E-state index is 13.0. The van der Waals surface area contributed by atoms with Gasteiger partial charge in [-0.05, 0) is 62.3 Å². The molecule has 1 aromatic carbocycles. The Labute approximate surface area is 262 Å². The van der Waals surface area contributed by atoms with Crippen LogP contribution < -0.4 is 10.6 Å². The number of carbonyl (C=O) groups excluding carboxylic acids is 3. The minimum absolute atomic E-state index is 0.0429. The second-order valence-corrected chi connectivity index (χ2v) is 11.8. The van der Waals surface area contributed by atoms with Crippen LogP contribution in [-0.4, -0.2) is 59.5 Å². The van der Waals surface area contributed by atoms with Crippen LogP contribution in [0.3, 0.4) is 0 Å². The van der Waals surface area contributed by atoms with Crippen LogP contribution in [0.5, 0.6) is 5.75 Å². The highest BCUT2D eigenvalue weighted by Gasteiger charge is 2.29. The molecule has 1 aliphatic heterocycles. The van der Waals surface area contributed by atoms with Crippen LogP contribution in [-0.2, 0) is 30.3 Å². The molecule has 0 saturated carbocycles. The number of allylic oxidation sites excluding steroid dienone is 5. The molecule has 1 heterocycles. The summed E-state index contributed by atoms with van der Waals surface area (Å²) in [5, 5.41) is 27.0. The lowest BCUT2D eigenvalue weighted by Crippen LogP contribution is -2.43. The van der Waals surface area contributed by atoms with Crippen molar-refractivity contribution in [3.63, 3.8) is 0 Å². The summed E-state index contributed by atoms with van der Waals surface area (Å²) in [7, 11) is 1.53. The number of ether oxygens (including phenoxy) is 2. The first-order chi connectivity index (χ1) is 20.9. The third kappa shape index (κ3) is 13.3. The molecule has 0 aromatic heterocycles. The second kappa shape index (κ2) is 18.9. The minimum atomic E-state index is -0.880. The smallest absolute Gasteiger partial charge is 0.328 e. The van der Waals surface area contributed by atoms with Crippen molar-refractivity contribution in [3.8, 4) is 5.75 Å². The fraction of sp³-hybridized carbons (Fsp3) is 0.514. The second-order valence-electron chi connectivity index (χ2n) is 11.8. The zero-order valence-corrected chi connectivity index (χ0v) is 26.9. The predicted octanol–water partition coefficient (Wildman–Crippen LogP) is 5.54. The first-order valence-corrected chi connectivity index (χ1v) is 15.4. The number of methoxy groups -OCH3 is 1. The molecule has 1 aliphatic rings. The van der Waals surface area contributed by atoms with Crippen LogP contribution >= 0.6 is 0 Å². The SMILES string of the molecule is CO[C@H]1/C=C/C=C/C=C/C[C@H](OC(=O)[C@@H](C)NC(=O)CCC(C)C)[C@H](C)[C@@H](O)/C(C)=C\CCc2cc(O)cc(c2)NC(=O)C1. The molecule has 0 aliphatic carbocycles. The van der Waals surface area contributed by atoms with E-state index < -0.39 is 36.2 Å². The summed E-state index contributed by atoms with van der Waals surface area (Å²) in [6.45, 7) is 9.34. The topological polar surface area (TPSA) is 134 Å². The summed E-state index contributed by atoms with van der Waals surface area (Å²) in [5.74, 6) is -1.02. The molecule has 0 radical (unpaired) electrons. The van der Waals surface area contributed by atoms with Gasteiger partial charge in [-0.15, -0.1) is 0 Å². The largest absolute Gasteiger partial charge is 0.508 e. The van der Waals surface area contributed by atoms with E-state index in [1.807, 2.05) is 58.1 Å². The molecule has 9 heteroatoms. The quantitative estimate of drug-likeness (QED) is 0.235. The summed E-state index contributed by atoms with van der Waals surface area (Å²) >= 11 is 0. The predicted molar refractivity (Wildman–Crippen MR) is 173 cm³/mol. The fourth-order valence-corrected chi connectivity index (χ4v) is 4.74. The van der Waals surface area contributed by atoms with Gasteiger partial charge in [-0.1, -0.05) is 63.3 Å². The van der Waals surface area contributed by atoms with Gasteiger partial charge >= 0.3 is 5.97 Å². The van der Waals surface area contributed by atoms with Crippen molar-refractivity contribution in [2.24, 2.45) is 11.8 Å². The molecule has 44 heavy (non-hydrogen) atoms. The van der Waals surface area contributed by atoms with Crippen LogP contribution in [0, 0.1) is 11.8 Å². The number of phenolic OH excluding ortho intramolecular Hbond substituents is 1. The standard InChI is InChI=1S/C35H50N2O7/c1-23(2)17-18-32(39)36-26(5)35(42)44-31-16-11-9-7-8-10-15-30(43-6)22-33(40)37-28-19-27(20-29(38)21-28)14-12-13-24(3)34(41)25(31)4/h7-11,13,15,19-21,23,25-26,30-31,34,38,41H,12,14,16-18,22H2,1-6H3,(H,36,39)(H,37,40)/b8-7+,11-9+,15-10+,24-13-/t25-,26+,30-,31-,34-/m0/s1. The van der Waals surface area contributed by atoms with Gasteiger partial charge in [0, 0.05) is 37.6 Å². The number of fused-ring (bicyclic) bond motifs is 2. The minimum Gasteiger partial charge on any atom is -0.508 e. The van der Waals surface area contributed by atoms with Crippen LogP contribution in [0.2, 0.25) is 0 Å². The maximum Gasteiger partial charge on any atom is 0.328 e. The van der Waals surface area contributed by atoms with Gasteiger partial charge in [0.15, 0.2) is 0 Å². The van der Waals surface area contributed by atoms with Crippen molar-refractivity contribution < 1.29 is 34.1 Å². The molecule has 0 saturated heterocycles. The van der Waals surface area contributed by atoms with Crippen LogP contribution in [0.4, 0.5) is 5.69 Å². The normalized spacial score (nSPS) is 26.2. The molecule has 5 atom stereocenters. The van der Waals surface area contributed by atoms with Gasteiger partial charge in [-0.3, -0.25) is 9.59 Å². The third-order valence-electron chi connectivity index (χ3n) is 7.51. The number of benzene rings is 1. The zero-order chi connectivity index (χ0) is 32.6. The Morgan fingerprint density at radius 2 is 1.84 bits per heavy atom. The number of hydrogen-bond acceptors (Lipinski definition) is 7. The van der Waals surface area contributed by atoms with Crippen LogP contribution in [0.15, 0.2) is 66.3 Å². The van der Waals surface area contributed by atoms with E-state index in [9.17, 15) is 24.6 Å². The Hall–Kier alpha value is -3.69. The van der Waals surface area contributed by atoms with Gasteiger partial charge in [0.05, 0.1) is 18.6 Å². The average Bonchev–Trinajstić information content (AvgIpc) is 2.96. The molecule has 2 rings (SSSR count). The number of phenols is 1. The van der Waals surface area contributed by atoms with Gasteiger partial charge < -0.3 is 30.3 Å². The number of carbonyl (C=O) groups is 3. The Balaban J connectivity index is 2.27. The highest BCUT2D eigenvalue weighted by molar-refractivity contribution is 5.91. The number of nitrogens with one attached hydrogen (secondary N) is 2. The van der Waals surface area contributed by atoms with Crippen LogP contribution in [0.25, 0.3) is 0 Å². The van der Waals surface area contributed by atoms with E-state index in [1.54, 1.807) is 31.2 Å². The lowest BCUT2D eigenvalue weighted by molar-refractivity contribution is -0.156. The van der Waals surface area contributed by atoms with Gasteiger partial charge in [-0.25, -0.2) is 4.79 Å². The summed E-state index contributed by atoms with van der Waals surface area (Å²) < 4.78 is 11.3. The summed E-state index contributed by atoms with van der Waals surface area (Å²) in [6.07, 6.45) is 13.5. The van der Waals surface area contributed by atoms with Gasteiger partial charge in [0.2, 0.25) is 11.8 Å². The van der Waals surface area contributed by atoms with Gasteiger partial charge in [-0.2, -0.15) is 0 Å². The molecule has 242 valence electrons. The van der Waals surface area contributed by atoms with E-state index in [2.05, 4.69) is 10.6 Å². The van der Waals surface area contributed by atoms with E-state index in [4.69, 9.17) is 9.47 Å². The summed E-state index contributed by atoms with van der Waals surface area (Å²) in [4.78, 5) is 37.9. The number of esters is 1. The van der Waals surface area contributed by atoms with Crippen LogP contribution in [0.1, 0.15) is 72.3 Å². The third-order valence-corrected chi connectivity index (χ3v) is 7.51. The van der Waals surface area contributed by atoms with E-state index >= 15 is 0 Å². The number of aliphatic hydroxyl groups is 1. The fourth-order valence-electron chi connectivity index (χ4n) is 4.74. The molecule has 4 N–H and O–H groups in total. The van der Waals surface area contributed by atoms with Gasteiger partial charge in [0.25, 0.3) is 0 Å². The Morgan fingerprint density at radius 1 is 1.11 bits per heavy atom. The molecule has 0 unspecified atom stereocenters. The number of amides is 2. The van der Waals surface area contributed by atoms with Crippen molar-refractivity contribution in [2.45, 2.75) is 97.5 Å². The van der Waals surface area contributed by atoms with Crippen molar-refractivity contribution in [1.82, 2.24) is 5.32 Å². The zero-order valence-electron chi connectivity index (χ0n) is 26.9. The van der Waals surface area contributed by atoms with Crippen molar-refractivity contribution in [2.75, 3.05) is 12.4 Å². The molecular formula is C35H50N2O7. The Morgan fingerprint density at radius 3 is 2.55 bits per heavy atom. The van der Waals surface area contributed by atoms with E-state index in [1.165, 1.54) is 13.2 Å². The molecule has 0 fully saturated rings. The Bertz CT molecular complexity index is 1220. The molecule has 9 nitrogen and oxygen atoms in total. The number of aliphatic hydroxyl groups excluding tert-OH is 1. The van der Waals surface area contributed by atoms with Crippen molar-refractivity contribution in [3.05, 3.63) is 71.9 Å². The number of hydrogen-bond donors (Lipinski definition) is 4. The average molecular weight is 611 g/mol. The first-order valence-electron chi connectivity index (χ1n) is 15.4. The van der Waals surface area contributed by atoms with Crippen molar-refractivity contribution in [1.29, 1.82) is 0 Å². The lowest BCUT2D eigenvalue weighted by atomic mass is 9.90. The number of anilines is 1. The maximum atomic E-state index is 13.0. The highest BCUT2D eigenvalue weighted by Crippen LogP contribution is 2.24. The molecule has 2 bridgehead atoms. The lowest BCUT2D eigenvalue weighted by Gasteiger charge is -2.29. The Kier molecular flexibility index (Phi) is 15.6.